The fourth-order valence-electron chi connectivity index (χ4n) is 0.819. The van der Waals surface area contributed by atoms with Crippen molar-refractivity contribution < 1.29 is 9.53 Å². The average molecular weight is 293 g/mol. The van der Waals surface area contributed by atoms with Crippen LogP contribution in [0.1, 0.15) is 20.8 Å². The maximum absolute atomic E-state index is 11.5. The lowest BCUT2D eigenvalue weighted by atomic mass is 10.2. The van der Waals surface area contributed by atoms with Crippen LogP contribution in [-0.2, 0) is 4.74 Å². The van der Waals surface area contributed by atoms with Crippen LogP contribution in [0.25, 0.3) is 0 Å². The van der Waals surface area contributed by atoms with E-state index < -0.39 is 5.60 Å². The zero-order valence-corrected chi connectivity index (χ0v) is 10.0. The van der Waals surface area contributed by atoms with Gasteiger partial charge in [-0.2, -0.15) is 0 Å². The zero-order chi connectivity index (χ0) is 10.1. The van der Waals surface area contributed by atoms with Crippen LogP contribution in [0.2, 0.25) is 0 Å². The number of halogens is 1. The van der Waals surface area contributed by atoms with Gasteiger partial charge >= 0.3 is 6.09 Å². The first-order valence-electron chi connectivity index (χ1n) is 3.96. The van der Waals surface area contributed by atoms with Gasteiger partial charge in [0.2, 0.25) is 0 Å². The SMILES string of the molecule is CC(C)(C)OC(=O)n1cccc1I. The highest BCUT2D eigenvalue weighted by atomic mass is 127. The van der Waals surface area contributed by atoms with E-state index in [1.807, 2.05) is 32.9 Å². The van der Waals surface area contributed by atoms with Crippen LogP contribution in [0, 0.1) is 3.70 Å². The molecule has 4 heteroatoms. The van der Waals surface area contributed by atoms with Gasteiger partial charge in [0.15, 0.2) is 0 Å². The minimum absolute atomic E-state index is 0.332. The van der Waals surface area contributed by atoms with Gasteiger partial charge in [0, 0.05) is 6.20 Å². The maximum Gasteiger partial charge on any atom is 0.419 e. The lowest BCUT2D eigenvalue weighted by Gasteiger charge is -2.19. The Morgan fingerprint density at radius 1 is 1.54 bits per heavy atom. The molecule has 0 bridgehead atoms. The summed E-state index contributed by atoms with van der Waals surface area (Å²) >= 11 is 2.08. The van der Waals surface area contributed by atoms with Crippen molar-refractivity contribution in [1.29, 1.82) is 0 Å². The molecule has 1 aromatic heterocycles. The third kappa shape index (κ3) is 3.02. The molecule has 1 aromatic rings. The lowest BCUT2D eigenvalue weighted by Crippen LogP contribution is -2.27. The van der Waals surface area contributed by atoms with Crippen molar-refractivity contribution in [1.82, 2.24) is 4.57 Å². The molecule has 0 aromatic carbocycles. The number of ether oxygens (including phenoxy) is 1. The Labute approximate surface area is 91.2 Å². The van der Waals surface area contributed by atoms with E-state index in [1.54, 1.807) is 6.20 Å². The molecule has 0 saturated heterocycles. The van der Waals surface area contributed by atoms with E-state index in [0.29, 0.717) is 0 Å². The van der Waals surface area contributed by atoms with Gasteiger partial charge in [0.05, 0.1) is 3.70 Å². The molecule has 0 saturated carbocycles. The Kier molecular flexibility index (Phi) is 3.00. The van der Waals surface area contributed by atoms with Crippen LogP contribution in [0.4, 0.5) is 4.79 Å². The van der Waals surface area contributed by atoms with E-state index >= 15 is 0 Å². The van der Waals surface area contributed by atoms with Gasteiger partial charge in [0.25, 0.3) is 0 Å². The zero-order valence-electron chi connectivity index (χ0n) is 7.87. The fraction of sp³-hybridized carbons (Fsp3) is 0.444. The summed E-state index contributed by atoms with van der Waals surface area (Å²) in [6, 6.07) is 3.66. The number of hydrogen-bond donors (Lipinski definition) is 0. The Balaban J connectivity index is 2.76. The molecule has 0 radical (unpaired) electrons. The Morgan fingerprint density at radius 3 is 2.54 bits per heavy atom. The van der Waals surface area contributed by atoms with E-state index in [2.05, 4.69) is 22.6 Å². The molecule has 0 amide bonds. The van der Waals surface area contributed by atoms with Gasteiger partial charge in [-0.15, -0.1) is 0 Å². The van der Waals surface area contributed by atoms with Crippen LogP contribution >= 0.6 is 22.6 Å². The van der Waals surface area contributed by atoms with E-state index in [1.165, 1.54) is 4.57 Å². The molecular formula is C9H12INO2. The summed E-state index contributed by atoms with van der Waals surface area (Å²) in [5.41, 5.74) is -0.440. The minimum Gasteiger partial charge on any atom is -0.443 e. The molecule has 0 aliphatic heterocycles. The largest absolute Gasteiger partial charge is 0.443 e. The summed E-state index contributed by atoms with van der Waals surface area (Å²) in [5, 5.41) is 0. The standard InChI is InChI=1S/C9H12INO2/c1-9(2,3)13-8(12)11-6-4-5-7(11)10/h4-6H,1-3H3. The van der Waals surface area contributed by atoms with E-state index in [9.17, 15) is 4.79 Å². The molecule has 0 aliphatic rings. The Morgan fingerprint density at radius 2 is 2.15 bits per heavy atom. The highest BCUT2D eigenvalue weighted by Gasteiger charge is 2.18. The monoisotopic (exact) mass is 293 g/mol. The van der Waals surface area contributed by atoms with Crippen molar-refractivity contribution in [2.75, 3.05) is 0 Å². The molecule has 0 spiro atoms. The van der Waals surface area contributed by atoms with Gasteiger partial charge in [-0.1, -0.05) is 0 Å². The quantitative estimate of drug-likeness (QED) is 0.689. The highest BCUT2D eigenvalue weighted by molar-refractivity contribution is 14.1. The first-order chi connectivity index (χ1) is 5.90. The van der Waals surface area contributed by atoms with Gasteiger partial charge in [-0.25, -0.2) is 9.36 Å². The molecule has 1 rings (SSSR count). The van der Waals surface area contributed by atoms with Gasteiger partial charge < -0.3 is 4.74 Å². The molecule has 0 unspecified atom stereocenters. The van der Waals surface area contributed by atoms with E-state index in [-0.39, 0.29) is 6.09 Å². The minimum atomic E-state index is -0.440. The summed E-state index contributed by atoms with van der Waals surface area (Å²) in [4.78, 5) is 11.5. The van der Waals surface area contributed by atoms with Gasteiger partial charge in [-0.3, -0.25) is 0 Å². The average Bonchev–Trinajstić information content (AvgIpc) is 2.30. The molecule has 3 nitrogen and oxygen atoms in total. The van der Waals surface area contributed by atoms with Crippen molar-refractivity contribution in [3.63, 3.8) is 0 Å². The number of nitrogens with zero attached hydrogens (tertiary/aromatic N) is 1. The molecule has 72 valence electrons. The normalized spacial score (nSPS) is 11.4. The van der Waals surface area contributed by atoms with Crippen LogP contribution in [0.3, 0.4) is 0 Å². The summed E-state index contributed by atoms with van der Waals surface area (Å²) < 4.78 is 7.51. The summed E-state index contributed by atoms with van der Waals surface area (Å²) in [7, 11) is 0. The second-order valence-electron chi connectivity index (χ2n) is 3.68. The topological polar surface area (TPSA) is 31.2 Å². The number of hydrogen-bond acceptors (Lipinski definition) is 2. The number of aromatic nitrogens is 1. The third-order valence-corrected chi connectivity index (χ3v) is 2.17. The predicted molar refractivity (Wildman–Crippen MR) is 58.8 cm³/mol. The molecule has 0 N–H and O–H groups in total. The van der Waals surface area contributed by atoms with Crippen molar-refractivity contribution in [3.8, 4) is 0 Å². The van der Waals surface area contributed by atoms with Crippen molar-refractivity contribution in [2.24, 2.45) is 0 Å². The number of carbonyl (C=O) groups excluding carboxylic acids is 1. The van der Waals surface area contributed by atoms with Crippen molar-refractivity contribution in [2.45, 2.75) is 26.4 Å². The second-order valence-corrected chi connectivity index (χ2v) is 4.79. The van der Waals surface area contributed by atoms with E-state index in [4.69, 9.17) is 4.74 Å². The van der Waals surface area contributed by atoms with Crippen LogP contribution in [0.5, 0.6) is 0 Å². The van der Waals surface area contributed by atoms with Gasteiger partial charge in [0.1, 0.15) is 5.60 Å². The van der Waals surface area contributed by atoms with Crippen molar-refractivity contribution in [3.05, 3.63) is 22.0 Å². The Bertz CT molecular complexity index is 312. The Hall–Kier alpha value is -0.520. The van der Waals surface area contributed by atoms with Gasteiger partial charge in [-0.05, 0) is 55.5 Å². The molecule has 0 atom stereocenters. The second kappa shape index (κ2) is 3.69. The summed E-state index contributed by atoms with van der Waals surface area (Å²) in [6.45, 7) is 5.55. The smallest absolute Gasteiger partial charge is 0.419 e. The summed E-state index contributed by atoms with van der Waals surface area (Å²) in [5.74, 6) is 0. The fourth-order valence-corrected chi connectivity index (χ4v) is 1.38. The van der Waals surface area contributed by atoms with Crippen molar-refractivity contribution >= 4 is 28.7 Å². The van der Waals surface area contributed by atoms with Crippen LogP contribution in [-0.4, -0.2) is 16.3 Å². The van der Waals surface area contributed by atoms with E-state index in [0.717, 1.165) is 3.70 Å². The summed E-state index contributed by atoms with van der Waals surface area (Å²) in [6.07, 6.45) is 1.36. The third-order valence-electron chi connectivity index (χ3n) is 1.29. The molecule has 13 heavy (non-hydrogen) atoms. The highest BCUT2D eigenvalue weighted by Crippen LogP contribution is 2.12. The van der Waals surface area contributed by atoms with Crippen LogP contribution < -0.4 is 0 Å². The first-order valence-corrected chi connectivity index (χ1v) is 5.04. The predicted octanol–water partition coefficient (Wildman–Crippen LogP) is 2.88. The van der Waals surface area contributed by atoms with Crippen LogP contribution in [0.15, 0.2) is 18.3 Å². The molecule has 0 fully saturated rings. The number of carbonyl (C=O) groups is 1. The number of rotatable bonds is 0. The first kappa shape index (κ1) is 10.6. The molecule has 1 heterocycles. The molecular weight excluding hydrogens is 281 g/mol. The lowest BCUT2D eigenvalue weighted by molar-refractivity contribution is 0.0533. The maximum atomic E-state index is 11.5. The molecule has 0 aliphatic carbocycles.